The summed E-state index contributed by atoms with van der Waals surface area (Å²) in [6.07, 6.45) is 1.76. The third kappa shape index (κ3) is 2.92. The number of amides is 2. The van der Waals surface area contributed by atoms with Crippen LogP contribution < -0.4 is 5.32 Å². The molecule has 1 N–H and O–H groups in total. The van der Waals surface area contributed by atoms with E-state index in [2.05, 4.69) is 15.5 Å². The molecule has 7 heteroatoms. The Kier molecular flexibility index (Phi) is 4.29. The van der Waals surface area contributed by atoms with Gasteiger partial charge >= 0.3 is 6.03 Å². The summed E-state index contributed by atoms with van der Waals surface area (Å²) in [5.41, 5.74) is 0.835. The summed E-state index contributed by atoms with van der Waals surface area (Å²) < 4.78 is 5.38. The van der Waals surface area contributed by atoms with Crippen LogP contribution in [-0.2, 0) is 0 Å². The lowest BCUT2D eigenvalue weighted by atomic mass is 10.2. The Morgan fingerprint density at radius 3 is 2.95 bits per heavy atom. The minimum Gasteiger partial charge on any atom is -0.338 e. The zero-order chi connectivity index (χ0) is 15.5. The zero-order valence-corrected chi connectivity index (χ0v) is 13.0. The maximum Gasteiger partial charge on any atom is 0.318 e. The van der Waals surface area contributed by atoms with Crippen molar-refractivity contribution in [2.75, 3.05) is 13.1 Å². The van der Waals surface area contributed by atoms with E-state index in [4.69, 9.17) is 16.1 Å². The van der Waals surface area contributed by atoms with Gasteiger partial charge in [0.15, 0.2) is 0 Å². The van der Waals surface area contributed by atoms with Gasteiger partial charge in [-0.25, -0.2) is 4.79 Å². The quantitative estimate of drug-likeness (QED) is 0.942. The molecule has 116 valence electrons. The van der Waals surface area contributed by atoms with Crippen LogP contribution in [0.2, 0.25) is 5.02 Å². The largest absolute Gasteiger partial charge is 0.338 e. The highest BCUT2D eigenvalue weighted by Crippen LogP contribution is 2.32. The average molecular weight is 321 g/mol. The Morgan fingerprint density at radius 2 is 2.23 bits per heavy atom. The number of likely N-dealkylation sites (tertiary alicyclic amines) is 1. The second-order valence-corrected chi connectivity index (χ2v) is 5.59. The highest BCUT2D eigenvalue weighted by molar-refractivity contribution is 6.30. The van der Waals surface area contributed by atoms with Crippen LogP contribution in [0.25, 0.3) is 11.4 Å². The summed E-state index contributed by atoms with van der Waals surface area (Å²) >= 11 is 5.88. The molecule has 0 spiro atoms. The van der Waals surface area contributed by atoms with E-state index in [0.29, 0.717) is 29.8 Å². The minimum absolute atomic E-state index is 0.0868. The van der Waals surface area contributed by atoms with Crippen molar-refractivity contribution in [2.24, 2.45) is 0 Å². The Labute approximate surface area is 133 Å². The number of nitrogens with one attached hydrogen (secondary N) is 1. The summed E-state index contributed by atoms with van der Waals surface area (Å²) in [6.45, 7) is 3.20. The third-order valence-corrected chi connectivity index (χ3v) is 3.92. The predicted octanol–water partition coefficient (Wildman–Crippen LogP) is 3.26. The van der Waals surface area contributed by atoms with Crippen LogP contribution in [0.5, 0.6) is 0 Å². The first-order valence-electron chi connectivity index (χ1n) is 7.33. The molecule has 1 saturated heterocycles. The van der Waals surface area contributed by atoms with Gasteiger partial charge in [0, 0.05) is 23.7 Å². The van der Waals surface area contributed by atoms with Gasteiger partial charge in [-0.15, -0.1) is 0 Å². The number of carbonyl (C=O) groups excluding carboxylic acids is 1. The van der Waals surface area contributed by atoms with Gasteiger partial charge in [-0.05, 0) is 44.0 Å². The standard InChI is InChI=1S/C15H17ClN4O2/c1-2-17-15(21)20-9-3-4-12(20)14-18-13(19-22-14)10-5-7-11(16)8-6-10/h5-8,12H,2-4,9H2,1H3,(H,17,21). The van der Waals surface area contributed by atoms with Crippen molar-refractivity contribution in [1.82, 2.24) is 20.4 Å². The molecule has 1 aliphatic rings. The molecule has 2 aromatic rings. The lowest BCUT2D eigenvalue weighted by Gasteiger charge is -2.21. The maximum absolute atomic E-state index is 12.1. The number of rotatable bonds is 3. The monoisotopic (exact) mass is 320 g/mol. The van der Waals surface area contributed by atoms with Gasteiger partial charge < -0.3 is 14.7 Å². The number of benzene rings is 1. The molecule has 2 amide bonds. The van der Waals surface area contributed by atoms with Crippen LogP contribution in [0, 0.1) is 0 Å². The molecule has 0 radical (unpaired) electrons. The van der Waals surface area contributed by atoms with Crippen LogP contribution in [0.3, 0.4) is 0 Å². The second-order valence-electron chi connectivity index (χ2n) is 5.15. The summed E-state index contributed by atoms with van der Waals surface area (Å²) in [4.78, 5) is 18.2. The van der Waals surface area contributed by atoms with E-state index >= 15 is 0 Å². The van der Waals surface area contributed by atoms with Gasteiger partial charge in [0.05, 0.1) is 0 Å². The number of urea groups is 1. The molecule has 1 aromatic carbocycles. The Balaban J connectivity index is 1.80. The van der Waals surface area contributed by atoms with Crippen molar-refractivity contribution < 1.29 is 9.32 Å². The fraction of sp³-hybridized carbons (Fsp3) is 0.400. The van der Waals surface area contributed by atoms with E-state index in [0.717, 1.165) is 18.4 Å². The van der Waals surface area contributed by atoms with E-state index in [-0.39, 0.29) is 12.1 Å². The van der Waals surface area contributed by atoms with E-state index in [1.807, 2.05) is 19.1 Å². The molecular weight excluding hydrogens is 304 g/mol. The molecule has 1 aromatic heterocycles. The SMILES string of the molecule is CCNC(=O)N1CCCC1c1nc(-c2ccc(Cl)cc2)no1. The first-order valence-corrected chi connectivity index (χ1v) is 7.71. The van der Waals surface area contributed by atoms with Gasteiger partial charge in [0.25, 0.3) is 0 Å². The number of hydrogen-bond acceptors (Lipinski definition) is 4. The van der Waals surface area contributed by atoms with Crippen LogP contribution in [-0.4, -0.2) is 34.2 Å². The summed E-state index contributed by atoms with van der Waals surface area (Å²) in [5.74, 6) is 0.989. The van der Waals surface area contributed by atoms with E-state index in [9.17, 15) is 4.79 Å². The van der Waals surface area contributed by atoms with Gasteiger partial charge in [0.2, 0.25) is 11.7 Å². The molecule has 6 nitrogen and oxygen atoms in total. The highest BCUT2D eigenvalue weighted by atomic mass is 35.5. The molecule has 1 atom stereocenters. The van der Waals surface area contributed by atoms with E-state index in [1.54, 1.807) is 17.0 Å². The summed E-state index contributed by atoms with van der Waals surface area (Å²) in [6, 6.07) is 7.00. The molecule has 3 rings (SSSR count). The van der Waals surface area contributed by atoms with Gasteiger partial charge in [0.1, 0.15) is 6.04 Å². The molecular formula is C15H17ClN4O2. The molecule has 1 unspecified atom stereocenters. The number of hydrogen-bond donors (Lipinski definition) is 1. The van der Waals surface area contributed by atoms with Gasteiger partial charge in [-0.3, -0.25) is 0 Å². The molecule has 0 aliphatic carbocycles. The van der Waals surface area contributed by atoms with Crippen molar-refractivity contribution in [3.63, 3.8) is 0 Å². The second kappa shape index (κ2) is 6.36. The lowest BCUT2D eigenvalue weighted by Crippen LogP contribution is -2.39. The predicted molar refractivity (Wildman–Crippen MR) is 82.5 cm³/mol. The minimum atomic E-state index is -0.153. The van der Waals surface area contributed by atoms with Crippen molar-refractivity contribution in [1.29, 1.82) is 0 Å². The fourth-order valence-corrected chi connectivity index (χ4v) is 2.73. The smallest absolute Gasteiger partial charge is 0.318 e. The van der Waals surface area contributed by atoms with Crippen LogP contribution >= 0.6 is 11.6 Å². The van der Waals surface area contributed by atoms with Crippen molar-refractivity contribution in [3.8, 4) is 11.4 Å². The zero-order valence-electron chi connectivity index (χ0n) is 12.3. The summed E-state index contributed by atoms with van der Waals surface area (Å²) in [5, 5.41) is 7.49. The lowest BCUT2D eigenvalue weighted by molar-refractivity contribution is 0.181. The van der Waals surface area contributed by atoms with E-state index in [1.165, 1.54) is 0 Å². The van der Waals surface area contributed by atoms with Crippen LogP contribution in [0.1, 0.15) is 31.7 Å². The first-order chi connectivity index (χ1) is 10.7. The van der Waals surface area contributed by atoms with Gasteiger partial charge in [-0.2, -0.15) is 4.98 Å². The van der Waals surface area contributed by atoms with Crippen molar-refractivity contribution >= 4 is 17.6 Å². The van der Waals surface area contributed by atoms with E-state index < -0.39 is 0 Å². The normalized spacial score (nSPS) is 17.7. The molecule has 1 fully saturated rings. The van der Waals surface area contributed by atoms with Crippen LogP contribution in [0.4, 0.5) is 4.79 Å². The number of aromatic nitrogens is 2. The summed E-state index contributed by atoms with van der Waals surface area (Å²) in [7, 11) is 0. The maximum atomic E-state index is 12.1. The number of nitrogens with zero attached hydrogens (tertiary/aromatic N) is 3. The van der Waals surface area contributed by atoms with Crippen molar-refractivity contribution in [2.45, 2.75) is 25.8 Å². The number of carbonyl (C=O) groups is 1. The molecule has 22 heavy (non-hydrogen) atoms. The molecule has 0 saturated carbocycles. The van der Waals surface area contributed by atoms with Crippen molar-refractivity contribution in [3.05, 3.63) is 35.2 Å². The Hall–Kier alpha value is -2.08. The van der Waals surface area contributed by atoms with Gasteiger partial charge in [-0.1, -0.05) is 16.8 Å². The fourth-order valence-electron chi connectivity index (χ4n) is 2.61. The average Bonchev–Trinajstić information content (AvgIpc) is 3.17. The Morgan fingerprint density at radius 1 is 1.45 bits per heavy atom. The molecule has 1 aliphatic heterocycles. The molecule has 0 bridgehead atoms. The first kappa shape index (κ1) is 14.8. The highest BCUT2D eigenvalue weighted by Gasteiger charge is 2.33. The Bertz CT molecular complexity index is 656. The third-order valence-electron chi connectivity index (χ3n) is 3.67. The number of halogens is 1. The van der Waals surface area contributed by atoms with Crippen LogP contribution in [0.15, 0.2) is 28.8 Å². The molecule has 2 heterocycles. The topological polar surface area (TPSA) is 71.3 Å².